The number of hydrogen-bond acceptors (Lipinski definition) is 7. The van der Waals surface area contributed by atoms with Gasteiger partial charge in [-0.15, -0.1) is 0 Å². The predicted molar refractivity (Wildman–Crippen MR) is 123 cm³/mol. The molecule has 2 aliphatic heterocycles. The van der Waals surface area contributed by atoms with Gasteiger partial charge in [-0.2, -0.15) is 0 Å². The zero-order valence-corrected chi connectivity index (χ0v) is 19.1. The molecule has 6 nitrogen and oxygen atoms in total. The molecule has 0 spiro atoms. The van der Waals surface area contributed by atoms with Crippen LogP contribution in [-0.4, -0.2) is 67.7 Å². The highest BCUT2D eigenvalue weighted by Gasteiger charge is 2.41. The van der Waals surface area contributed by atoms with Crippen molar-refractivity contribution in [1.82, 2.24) is 15.2 Å². The van der Waals surface area contributed by atoms with Gasteiger partial charge >= 0.3 is 0 Å². The van der Waals surface area contributed by atoms with Crippen LogP contribution in [0.1, 0.15) is 26.0 Å². The predicted octanol–water partition coefficient (Wildman–Crippen LogP) is 3.44. The molecular weight excluding hydrogens is 382 g/mol. The summed E-state index contributed by atoms with van der Waals surface area (Å²) >= 11 is 1.85. The molecule has 7 heteroatoms. The van der Waals surface area contributed by atoms with Gasteiger partial charge in [0.05, 0.1) is 23.7 Å². The van der Waals surface area contributed by atoms with Gasteiger partial charge < -0.3 is 14.5 Å². The second-order valence-corrected chi connectivity index (χ2v) is 8.82. The van der Waals surface area contributed by atoms with Crippen molar-refractivity contribution in [3.05, 3.63) is 41.6 Å². The molecule has 4 atom stereocenters. The van der Waals surface area contributed by atoms with Crippen molar-refractivity contribution in [2.75, 3.05) is 32.6 Å². The number of likely N-dealkylation sites (N-methyl/N-ethyl adjacent to an activating group) is 2. The second-order valence-electron chi connectivity index (χ2n) is 7.72. The van der Waals surface area contributed by atoms with Gasteiger partial charge in [0.15, 0.2) is 0 Å². The van der Waals surface area contributed by atoms with Crippen LogP contribution in [0.15, 0.2) is 46.0 Å². The van der Waals surface area contributed by atoms with Crippen molar-refractivity contribution in [3.63, 3.8) is 0 Å². The topological polar surface area (TPSA) is 53.0 Å². The van der Waals surface area contributed by atoms with Crippen LogP contribution in [0.2, 0.25) is 0 Å². The van der Waals surface area contributed by atoms with Crippen LogP contribution in [0.5, 0.6) is 0 Å². The van der Waals surface area contributed by atoms with E-state index in [1.807, 2.05) is 44.8 Å². The molecule has 1 aromatic rings. The highest BCUT2D eigenvalue weighted by Crippen LogP contribution is 2.44. The van der Waals surface area contributed by atoms with E-state index in [4.69, 9.17) is 9.72 Å². The zero-order chi connectivity index (χ0) is 21.0. The maximum Gasteiger partial charge on any atom is 0.204 e. The summed E-state index contributed by atoms with van der Waals surface area (Å²) in [6, 6.07) is 4.77. The largest absolute Gasteiger partial charge is 0.358 e. The summed E-state index contributed by atoms with van der Waals surface area (Å²) < 4.78 is 6.04. The lowest BCUT2D eigenvalue weighted by molar-refractivity contribution is 0.0288. The number of thioether (sulfide) groups is 1. The van der Waals surface area contributed by atoms with Gasteiger partial charge in [0.2, 0.25) is 6.35 Å². The normalized spacial score (nSPS) is 25.8. The van der Waals surface area contributed by atoms with Crippen LogP contribution in [0.4, 0.5) is 5.69 Å². The minimum Gasteiger partial charge on any atom is -0.358 e. The van der Waals surface area contributed by atoms with E-state index in [1.54, 1.807) is 0 Å². The first kappa shape index (κ1) is 22.0. The number of fused-ring (bicyclic) bond motifs is 1. The molecule has 0 radical (unpaired) electrons. The molecule has 0 saturated heterocycles. The molecule has 0 aromatic carbocycles. The van der Waals surface area contributed by atoms with Crippen LogP contribution >= 0.6 is 11.8 Å². The molecule has 0 aliphatic carbocycles. The lowest BCUT2D eigenvalue weighted by Crippen LogP contribution is -2.59. The van der Waals surface area contributed by atoms with Gasteiger partial charge in [0, 0.05) is 25.0 Å². The molecule has 0 saturated carbocycles. The summed E-state index contributed by atoms with van der Waals surface area (Å²) in [5.41, 5.74) is 3.42. The average molecular weight is 416 g/mol. The van der Waals surface area contributed by atoms with E-state index in [0.717, 1.165) is 22.7 Å². The van der Waals surface area contributed by atoms with Gasteiger partial charge in [-0.05, 0) is 59.0 Å². The smallest absolute Gasteiger partial charge is 0.204 e. The van der Waals surface area contributed by atoms with Crippen LogP contribution < -0.4 is 10.2 Å². The number of hydrogen-bond donors (Lipinski definition) is 1. The van der Waals surface area contributed by atoms with Crippen molar-refractivity contribution >= 4 is 23.7 Å². The Bertz CT molecular complexity index is 791. The fourth-order valence-electron chi connectivity index (χ4n) is 3.83. The Morgan fingerprint density at radius 1 is 1.41 bits per heavy atom. The maximum atomic E-state index is 6.04. The number of aromatic nitrogens is 1. The number of nitrogens with one attached hydrogen (secondary N) is 1. The van der Waals surface area contributed by atoms with Gasteiger partial charge in [0.25, 0.3) is 0 Å². The average Bonchev–Trinajstić information content (AvgIpc) is 3.00. The van der Waals surface area contributed by atoms with Crippen LogP contribution in [0.25, 0.3) is 0 Å². The van der Waals surface area contributed by atoms with Gasteiger partial charge in [-0.1, -0.05) is 30.0 Å². The van der Waals surface area contributed by atoms with Crippen LogP contribution in [0.3, 0.4) is 0 Å². The maximum absolute atomic E-state index is 6.04. The summed E-state index contributed by atoms with van der Waals surface area (Å²) in [5.74, 6) is 0. The van der Waals surface area contributed by atoms with Crippen LogP contribution in [0, 0.1) is 6.92 Å². The lowest BCUT2D eigenvalue weighted by atomic mass is 10.0. The first-order valence-corrected chi connectivity index (χ1v) is 11.0. The van der Waals surface area contributed by atoms with Crippen molar-refractivity contribution < 1.29 is 4.74 Å². The van der Waals surface area contributed by atoms with Gasteiger partial charge in [-0.3, -0.25) is 10.3 Å². The molecular formula is C22H33N5OS. The highest BCUT2D eigenvalue weighted by molar-refractivity contribution is 8.00. The molecule has 1 aromatic heterocycles. The van der Waals surface area contributed by atoms with Crippen molar-refractivity contribution in [2.45, 2.75) is 56.0 Å². The molecule has 0 bridgehead atoms. The number of aryl methyl sites for hydroxylation is 1. The van der Waals surface area contributed by atoms with Crippen LogP contribution in [-0.2, 0) is 4.74 Å². The van der Waals surface area contributed by atoms with E-state index < -0.39 is 0 Å². The Morgan fingerprint density at radius 3 is 2.90 bits per heavy atom. The fourth-order valence-corrected chi connectivity index (χ4v) is 5.44. The summed E-state index contributed by atoms with van der Waals surface area (Å²) in [6.45, 7) is 6.64. The summed E-state index contributed by atoms with van der Waals surface area (Å²) in [7, 11) is 6.46. The molecule has 29 heavy (non-hydrogen) atoms. The molecule has 0 amide bonds. The Balaban J connectivity index is 1.71. The highest BCUT2D eigenvalue weighted by atomic mass is 32.2. The fraction of sp³-hybridized carbons (Fsp3) is 0.545. The van der Waals surface area contributed by atoms with Crippen molar-refractivity contribution in [2.24, 2.45) is 4.99 Å². The number of allylic oxidation sites excluding steroid dienone is 2. The van der Waals surface area contributed by atoms with Crippen molar-refractivity contribution in [3.8, 4) is 0 Å². The lowest BCUT2D eigenvalue weighted by Gasteiger charge is -2.41. The third kappa shape index (κ3) is 5.09. The summed E-state index contributed by atoms with van der Waals surface area (Å²) in [4.78, 5) is 13.9. The molecule has 158 valence electrons. The molecule has 0 fully saturated rings. The van der Waals surface area contributed by atoms with E-state index in [-0.39, 0.29) is 23.8 Å². The number of anilines is 1. The molecule has 2 aliphatic rings. The quantitative estimate of drug-likeness (QED) is 0.689. The summed E-state index contributed by atoms with van der Waals surface area (Å²) in [6.07, 6.45) is 8.73. The Hall–Kier alpha value is -1.67. The van der Waals surface area contributed by atoms with E-state index in [1.165, 1.54) is 5.69 Å². The molecule has 4 unspecified atom stereocenters. The van der Waals surface area contributed by atoms with E-state index in [2.05, 4.69) is 65.5 Å². The molecule has 1 N–H and O–H groups in total. The first-order chi connectivity index (χ1) is 13.9. The van der Waals surface area contributed by atoms with Crippen molar-refractivity contribution in [1.29, 1.82) is 0 Å². The third-order valence-electron chi connectivity index (χ3n) is 5.39. The van der Waals surface area contributed by atoms with E-state index >= 15 is 0 Å². The second kappa shape index (κ2) is 9.89. The first-order valence-electron chi connectivity index (χ1n) is 10.1. The Kier molecular flexibility index (Phi) is 7.51. The number of aliphatic imine (C=N–C) groups is 1. The number of pyridine rings is 1. The van der Waals surface area contributed by atoms with E-state index in [0.29, 0.717) is 6.61 Å². The van der Waals surface area contributed by atoms with E-state index in [9.17, 15) is 0 Å². The SMILES string of the molecule is CC=CC(=CC)COC1N=CCC(C(C2Sc3nc(C)ccc3N2C)N(C)C)N1. The standard InChI is InChI=1S/C22H33N5OS/c1-7-9-16(8-2)14-28-22-23-13-12-17(25-22)19(26(4)5)21-27(6)18-11-10-15(3)24-20(18)29-21/h7-11,13,17,19,21-22,25H,12,14H2,1-6H3. The summed E-state index contributed by atoms with van der Waals surface area (Å²) in [5, 5.41) is 5.01. The Labute approximate surface area is 179 Å². The number of ether oxygens (including phenoxy) is 1. The Morgan fingerprint density at radius 2 is 2.21 bits per heavy atom. The number of nitrogens with zero attached hydrogens (tertiary/aromatic N) is 4. The monoisotopic (exact) mass is 415 g/mol. The van der Waals surface area contributed by atoms with Gasteiger partial charge in [0.1, 0.15) is 5.03 Å². The van der Waals surface area contributed by atoms with Gasteiger partial charge in [-0.25, -0.2) is 4.98 Å². The molecule has 3 heterocycles. The minimum absolute atomic E-state index is 0.235. The minimum atomic E-state index is -0.323. The molecule has 3 rings (SSSR count). The zero-order valence-electron chi connectivity index (χ0n) is 18.3. The third-order valence-corrected chi connectivity index (χ3v) is 6.75. The number of rotatable bonds is 7.